The van der Waals surface area contributed by atoms with Gasteiger partial charge >= 0.3 is 0 Å². The smallest absolute Gasteiger partial charge is 0.169 e. The van der Waals surface area contributed by atoms with E-state index in [1.54, 1.807) is 14.2 Å². The van der Waals surface area contributed by atoms with Crippen molar-refractivity contribution < 1.29 is 9.47 Å². The Morgan fingerprint density at radius 3 is 2.41 bits per heavy atom. The fourth-order valence-electron chi connectivity index (χ4n) is 2.47. The number of nitrogens with one attached hydrogen (secondary N) is 1. The number of ether oxygens (including phenoxy) is 2. The highest BCUT2D eigenvalue weighted by Crippen LogP contribution is 2.14. The molecular formula is C16H25N3O2S. The topological polar surface area (TPSA) is 37.0 Å². The first-order valence-electron chi connectivity index (χ1n) is 7.60. The molecule has 1 aromatic rings. The van der Waals surface area contributed by atoms with Crippen molar-refractivity contribution in [3.05, 3.63) is 29.8 Å². The van der Waals surface area contributed by atoms with Crippen molar-refractivity contribution in [3.63, 3.8) is 0 Å². The maximum Gasteiger partial charge on any atom is 0.169 e. The highest BCUT2D eigenvalue weighted by Gasteiger charge is 2.18. The van der Waals surface area contributed by atoms with Gasteiger partial charge in [-0.25, -0.2) is 0 Å². The van der Waals surface area contributed by atoms with E-state index in [1.807, 2.05) is 12.1 Å². The Balaban J connectivity index is 1.73. The fraction of sp³-hybridized carbons (Fsp3) is 0.562. The number of thiocarbonyl (C=S) groups is 1. The monoisotopic (exact) mass is 323 g/mol. The Hall–Kier alpha value is -1.37. The Bertz CT molecular complexity index is 459. The average Bonchev–Trinajstić information content (AvgIpc) is 2.56. The molecule has 122 valence electrons. The van der Waals surface area contributed by atoms with Gasteiger partial charge in [0, 0.05) is 46.4 Å². The number of methoxy groups -OCH3 is 2. The van der Waals surface area contributed by atoms with Crippen LogP contribution < -0.4 is 10.1 Å². The van der Waals surface area contributed by atoms with Crippen LogP contribution in [0.1, 0.15) is 5.56 Å². The summed E-state index contributed by atoms with van der Waals surface area (Å²) in [5.74, 6) is 0.904. The Labute approximate surface area is 138 Å². The van der Waals surface area contributed by atoms with E-state index in [4.69, 9.17) is 21.7 Å². The molecule has 2 rings (SSSR count). The minimum Gasteiger partial charge on any atom is -0.497 e. The first-order valence-corrected chi connectivity index (χ1v) is 8.00. The number of hydrogen-bond acceptors (Lipinski definition) is 4. The maximum absolute atomic E-state index is 5.41. The van der Waals surface area contributed by atoms with Gasteiger partial charge in [0.1, 0.15) is 5.75 Å². The largest absolute Gasteiger partial charge is 0.497 e. The van der Waals surface area contributed by atoms with Crippen molar-refractivity contribution >= 4 is 17.3 Å². The molecule has 1 fully saturated rings. The van der Waals surface area contributed by atoms with Crippen LogP contribution in [0.3, 0.4) is 0 Å². The molecule has 0 atom stereocenters. The summed E-state index contributed by atoms with van der Waals surface area (Å²) in [5.41, 5.74) is 1.31. The minimum atomic E-state index is 0.678. The van der Waals surface area contributed by atoms with E-state index in [2.05, 4.69) is 27.2 Å². The quantitative estimate of drug-likeness (QED) is 0.629. The summed E-state index contributed by atoms with van der Waals surface area (Å²) in [6, 6.07) is 8.28. The van der Waals surface area contributed by atoms with Crippen LogP contribution in [-0.4, -0.2) is 68.5 Å². The van der Waals surface area contributed by atoms with Gasteiger partial charge in [0.05, 0.1) is 13.7 Å². The molecule has 0 amide bonds. The molecule has 0 spiro atoms. The number of hydrogen-bond donors (Lipinski definition) is 1. The van der Waals surface area contributed by atoms with Gasteiger partial charge in [-0.05, 0) is 29.9 Å². The molecule has 5 nitrogen and oxygen atoms in total. The molecule has 0 aliphatic carbocycles. The van der Waals surface area contributed by atoms with Crippen molar-refractivity contribution in [1.29, 1.82) is 0 Å². The van der Waals surface area contributed by atoms with Crippen LogP contribution >= 0.6 is 12.2 Å². The molecule has 1 N–H and O–H groups in total. The third-order valence-electron chi connectivity index (χ3n) is 3.81. The van der Waals surface area contributed by atoms with Crippen LogP contribution in [0.5, 0.6) is 5.75 Å². The molecule has 6 heteroatoms. The molecule has 22 heavy (non-hydrogen) atoms. The van der Waals surface area contributed by atoms with Crippen LogP contribution in [0.15, 0.2) is 24.3 Å². The SMILES string of the molecule is COCCNC(=S)N1CCN(Cc2ccc(OC)cc2)CC1. The van der Waals surface area contributed by atoms with Gasteiger partial charge in [-0.1, -0.05) is 12.1 Å². The number of benzene rings is 1. The summed E-state index contributed by atoms with van der Waals surface area (Å²) in [6.45, 7) is 6.40. The van der Waals surface area contributed by atoms with Gasteiger partial charge in [-0.2, -0.15) is 0 Å². The number of piperazine rings is 1. The first kappa shape index (κ1) is 17.0. The molecule has 0 unspecified atom stereocenters. The van der Waals surface area contributed by atoms with Crippen LogP contribution in [0.25, 0.3) is 0 Å². The fourth-order valence-corrected chi connectivity index (χ4v) is 2.75. The summed E-state index contributed by atoms with van der Waals surface area (Å²) in [6.07, 6.45) is 0. The van der Waals surface area contributed by atoms with Crippen molar-refractivity contribution in [2.75, 3.05) is 53.6 Å². The van der Waals surface area contributed by atoms with Crippen LogP contribution in [0, 0.1) is 0 Å². The lowest BCUT2D eigenvalue weighted by molar-refractivity contribution is 0.172. The predicted molar refractivity (Wildman–Crippen MR) is 92.3 cm³/mol. The van der Waals surface area contributed by atoms with E-state index < -0.39 is 0 Å². The van der Waals surface area contributed by atoms with E-state index in [0.29, 0.717) is 6.61 Å². The van der Waals surface area contributed by atoms with E-state index in [0.717, 1.165) is 50.1 Å². The zero-order chi connectivity index (χ0) is 15.8. The third kappa shape index (κ3) is 5.12. The zero-order valence-corrected chi connectivity index (χ0v) is 14.2. The van der Waals surface area contributed by atoms with Gasteiger partial charge in [-0.15, -0.1) is 0 Å². The second kappa shape index (κ2) is 8.92. The van der Waals surface area contributed by atoms with Gasteiger partial charge in [0.15, 0.2) is 5.11 Å². The summed E-state index contributed by atoms with van der Waals surface area (Å²) in [7, 11) is 3.39. The Morgan fingerprint density at radius 1 is 1.14 bits per heavy atom. The standard InChI is InChI=1S/C16H25N3O2S/c1-20-12-7-17-16(22)19-10-8-18(9-11-19)13-14-3-5-15(21-2)6-4-14/h3-6H,7-13H2,1-2H3,(H,17,22). The van der Waals surface area contributed by atoms with Crippen LogP contribution in [0.4, 0.5) is 0 Å². The average molecular weight is 323 g/mol. The number of nitrogens with zero attached hydrogens (tertiary/aromatic N) is 2. The molecule has 1 aliphatic rings. The zero-order valence-electron chi connectivity index (χ0n) is 13.4. The molecule has 1 heterocycles. The molecule has 0 bridgehead atoms. The second-order valence-corrected chi connectivity index (χ2v) is 5.72. The Morgan fingerprint density at radius 2 is 1.82 bits per heavy atom. The van der Waals surface area contributed by atoms with Crippen molar-refractivity contribution in [2.45, 2.75) is 6.54 Å². The van der Waals surface area contributed by atoms with E-state index in [1.165, 1.54) is 5.56 Å². The summed E-state index contributed by atoms with van der Waals surface area (Å²) < 4.78 is 10.2. The summed E-state index contributed by atoms with van der Waals surface area (Å²) in [4.78, 5) is 4.69. The number of rotatable bonds is 6. The van der Waals surface area contributed by atoms with Crippen LogP contribution in [0.2, 0.25) is 0 Å². The Kier molecular flexibility index (Phi) is 6.89. The normalized spacial score (nSPS) is 15.6. The van der Waals surface area contributed by atoms with Crippen molar-refractivity contribution in [2.24, 2.45) is 0 Å². The molecule has 1 saturated heterocycles. The molecule has 1 aromatic carbocycles. The summed E-state index contributed by atoms with van der Waals surface area (Å²) >= 11 is 5.41. The van der Waals surface area contributed by atoms with Crippen LogP contribution in [-0.2, 0) is 11.3 Å². The highest BCUT2D eigenvalue weighted by molar-refractivity contribution is 7.80. The molecule has 1 aliphatic heterocycles. The predicted octanol–water partition coefficient (Wildman–Crippen LogP) is 1.33. The maximum atomic E-state index is 5.41. The van der Waals surface area contributed by atoms with Crippen molar-refractivity contribution in [1.82, 2.24) is 15.1 Å². The summed E-state index contributed by atoms with van der Waals surface area (Å²) in [5, 5.41) is 4.06. The first-order chi connectivity index (χ1) is 10.7. The molecule has 0 aromatic heterocycles. The minimum absolute atomic E-state index is 0.678. The lowest BCUT2D eigenvalue weighted by Gasteiger charge is -2.36. The highest BCUT2D eigenvalue weighted by atomic mass is 32.1. The van der Waals surface area contributed by atoms with Gasteiger partial charge in [-0.3, -0.25) is 4.90 Å². The lowest BCUT2D eigenvalue weighted by atomic mass is 10.2. The molecular weight excluding hydrogens is 298 g/mol. The molecule has 0 saturated carbocycles. The lowest BCUT2D eigenvalue weighted by Crippen LogP contribution is -2.51. The van der Waals surface area contributed by atoms with E-state index in [-0.39, 0.29) is 0 Å². The van der Waals surface area contributed by atoms with E-state index >= 15 is 0 Å². The van der Waals surface area contributed by atoms with Crippen molar-refractivity contribution in [3.8, 4) is 5.75 Å². The van der Waals surface area contributed by atoms with E-state index in [9.17, 15) is 0 Å². The second-order valence-electron chi connectivity index (χ2n) is 5.34. The van der Waals surface area contributed by atoms with Gasteiger partial charge in [0.2, 0.25) is 0 Å². The molecule has 0 radical (unpaired) electrons. The third-order valence-corrected chi connectivity index (χ3v) is 4.21. The van der Waals surface area contributed by atoms with Gasteiger partial charge < -0.3 is 19.7 Å². The van der Waals surface area contributed by atoms with Gasteiger partial charge in [0.25, 0.3) is 0 Å².